The van der Waals surface area contributed by atoms with Gasteiger partial charge in [0.25, 0.3) is 0 Å². The van der Waals surface area contributed by atoms with Gasteiger partial charge in [0.05, 0.1) is 24.2 Å². The first kappa shape index (κ1) is 24.4. The second-order valence-corrected chi connectivity index (χ2v) is 9.86. The normalized spacial score (nSPS) is 11.4. The van der Waals surface area contributed by atoms with Gasteiger partial charge in [-0.15, -0.1) is 0 Å². The van der Waals surface area contributed by atoms with E-state index in [0.29, 0.717) is 32.1 Å². The average Bonchev–Trinajstić information content (AvgIpc) is 2.76. The average molecular weight is 514 g/mol. The van der Waals surface area contributed by atoms with E-state index >= 15 is 0 Å². The molecular formula is C22H19Cl3N2O4S. The molecule has 0 bridgehead atoms. The van der Waals surface area contributed by atoms with Gasteiger partial charge in [-0.05, 0) is 48.5 Å². The molecule has 3 rings (SSSR count). The molecule has 0 aromatic heterocycles. The molecule has 0 radical (unpaired) electrons. The van der Waals surface area contributed by atoms with E-state index in [1.54, 1.807) is 42.5 Å². The fraction of sp³-hybridized carbons (Fsp3) is 0.136. The zero-order chi connectivity index (χ0) is 23.3. The summed E-state index contributed by atoms with van der Waals surface area (Å²) >= 11 is 18.4. The predicted molar refractivity (Wildman–Crippen MR) is 127 cm³/mol. The van der Waals surface area contributed by atoms with Crippen molar-refractivity contribution in [3.05, 3.63) is 87.4 Å². The maximum Gasteiger partial charge on any atom is 0.243 e. The summed E-state index contributed by atoms with van der Waals surface area (Å²) in [4.78, 5) is 12.8. The molecule has 32 heavy (non-hydrogen) atoms. The smallest absolute Gasteiger partial charge is 0.243 e. The molecule has 3 aromatic carbocycles. The first-order valence-corrected chi connectivity index (χ1v) is 11.9. The number of amides is 1. The van der Waals surface area contributed by atoms with Crippen LogP contribution in [0.25, 0.3) is 0 Å². The third-order valence-electron chi connectivity index (χ3n) is 4.55. The Bertz CT molecular complexity index is 1200. The molecule has 10 heteroatoms. The van der Waals surface area contributed by atoms with Crippen LogP contribution in [-0.4, -0.2) is 32.3 Å². The molecule has 0 heterocycles. The minimum Gasteiger partial charge on any atom is -0.495 e. The van der Waals surface area contributed by atoms with Gasteiger partial charge in [-0.2, -0.15) is 4.31 Å². The van der Waals surface area contributed by atoms with E-state index in [1.807, 2.05) is 0 Å². The molecule has 0 aliphatic heterocycles. The summed E-state index contributed by atoms with van der Waals surface area (Å²) < 4.78 is 33.0. The number of methoxy groups -OCH3 is 1. The number of carbonyl (C=O) groups excluding carboxylic acids is 1. The monoisotopic (exact) mass is 512 g/mol. The van der Waals surface area contributed by atoms with Gasteiger partial charge < -0.3 is 10.1 Å². The molecule has 0 saturated carbocycles. The third kappa shape index (κ3) is 5.74. The van der Waals surface area contributed by atoms with Crippen molar-refractivity contribution in [1.29, 1.82) is 0 Å². The van der Waals surface area contributed by atoms with Crippen molar-refractivity contribution >= 4 is 56.4 Å². The second kappa shape index (κ2) is 10.6. The van der Waals surface area contributed by atoms with Gasteiger partial charge in [0, 0.05) is 27.2 Å². The van der Waals surface area contributed by atoms with E-state index in [-0.39, 0.29) is 11.4 Å². The molecule has 0 aliphatic rings. The van der Waals surface area contributed by atoms with E-state index in [9.17, 15) is 13.2 Å². The van der Waals surface area contributed by atoms with Crippen molar-refractivity contribution in [3.8, 4) is 5.75 Å². The maximum atomic E-state index is 13.4. The minimum atomic E-state index is -4.09. The Kier molecular flexibility index (Phi) is 8.03. The molecule has 0 saturated heterocycles. The van der Waals surface area contributed by atoms with Crippen LogP contribution in [0.15, 0.2) is 71.6 Å². The fourth-order valence-corrected chi connectivity index (χ4v) is 4.95. The summed E-state index contributed by atoms with van der Waals surface area (Å²) in [7, 11) is -2.61. The van der Waals surface area contributed by atoms with E-state index < -0.39 is 22.5 Å². The van der Waals surface area contributed by atoms with Crippen molar-refractivity contribution < 1.29 is 17.9 Å². The van der Waals surface area contributed by atoms with Crippen LogP contribution < -0.4 is 10.1 Å². The number of sulfonamides is 1. The van der Waals surface area contributed by atoms with Crippen LogP contribution in [-0.2, 0) is 21.4 Å². The number of ether oxygens (including phenoxy) is 1. The molecule has 0 spiro atoms. The van der Waals surface area contributed by atoms with Crippen LogP contribution in [0, 0.1) is 0 Å². The molecule has 6 nitrogen and oxygen atoms in total. The summed E-state index contributed by atoms with van der Waals surface area (Å²) in [6, 6.07) is 17.3. The van der Waals surface area contributed by atoms with Crippen molar-refractivity contribution in [3.63, 3.8) is 0 Å². The molecule has 0 fully saturated rings. The van der Waals surface area contributed by atoms with E-state index in [0.717, 1.165) is 4.31 Å². The Balaban J connectivity index is 1.94. The standard InChI is InChI=1S/C22H19Cl3N2O4S/c1-31-21-8-3-2-7-20(21)26-22(28)14-27(13-17-18(24)5-4-6-19(17)25)32(29,30)16-11-9-15(23)10-12-16/h2-12H,13-14H2,1H3,(H,26,28). The second-order valence-electron chi connectivity index (χ2n) is 6.68. The molecule has 0 atom stereocenters. The lowest BCUT2D eigenvalue weighted by molar-refractivity contribution is -0.116. The van der Waals surface area contributed by atoms with Gasteiger partial charge in [-0.3, -0.25) is 4.79 Å². The lowest BCUT2D eigenvalue weighted by Crippen LogP contribution is -2.37. The van der Waals surface area contributed by atoms with Crippen molar-refractivity contribution in [1.82, 2.24) is 4.31 Å². The highest BCUT2D eigenvalue weighted by Gasteiger charge is 2.28. The summed E-state index contributed by atoms with van der Waals surface area (Å²) in [6.07, 6.45) is 0. The Morgan fingerprint density at radius 1 is 0.938 bits per heavy atom. The Hall–Kier alpha value is -2.29. The van der Waals surface area contributed by atoms with Gasteiger partial charge >= 0.3 is 0 Å². The SMILES string of the molecule is COc1ccccc1NC(=O)CN(Cc1c(Cl)cccc1Cl)S(=O)(=O)c1ccc(Cl)cc1. The van der Waals surface area contributed by atoms with Crippen molar-refractivity contribution in [2.75, 3.05) is 19.0 Å². The summed E-state index contributed by atoms with van der Waals surface area (Å²) in [5.74, 6) is -0.114. The number of benzene rings is 3. The number of carbonyl (C=O) groups is 1. The Labute approximate surface area is 201 Å². The lowest BCUT2D eigenvalue weighted by atomic mass is 10.2. The third-order valence-corrected chi connectivity index (χ3v) is 7.31. The highest BCUT2D eigenvalue weighted by Crippen LogP contribution is 2.29. The Morgan fingerprint density at radius 2 is 1.56 bits per heavy atom. The first-order valence-electron chi connectivity index (χ1n) is 9.34. The zero-order valence-corrected chi connectivity index (χ0v) is 20.0. The summed E-state index contributed by atoms with van der Waals surface area (Å²) in [5.41, 5.74) is 0.804. The highest BCUT2D eigenvalue weighted by atomic mass is 35.5. The molecule has 1 amide bonds. The topological polar surface area (TPSA) is 75.7 Å². The molecule has 3 aromatic rings. The number of rotatable bonds is 8. The number of anilines is 1. The van der Waals surface area contributed by atoms with Gasteiger partial charge in [0.2, 0.25) is 15.9 Å². The summed E-state index contributed by atoms with van der Waals surface area (Å²) in [5, 5.41) is 3.65. The van der Waals surface area contributed by atoms with Crippen LogP contribution in [0.4, 0.5) is 5.69 Å². The maximum absolute atomic E-state index is 13.4. The molecule has 168 valence electrons. The molecule has 0 unspecified atom stereocenters. The quantitative estimate of drug-likeness (QED) is 0.432. The molecular weight excluding hydrogens is 495 g/mol. The molecule has 0 aliphatic carbocycles. The van der Waals surface area contributed by atoms with Crippen LogP contribution >= 0.6 is 34.8 Å². The van der Waals surface area contributed by atoms with Crippen LogP contribution in [0.3, 0.4) is 0 Å². The number of para-hydroxylation sites is 2. The predicted octanol–water partition coefficient (Wildman–Crippen LogP) is 5.49. The van der Waals surface area contributed by atoms with Gasteiger partial charge in [0.15, 0.2) is 0 Å². The van der Waals surface area contributed by atoms with E-state index in [1.165, 1.54) is 31.4 Å². The fourth-order valence-electron chi connectivity index (χ4n) is 2.94. The number of hydrogen-bond donors (Lipinski definition) is 1. The van der Waals surface area contributed by atoms with E-state index in [4.69, 9.17) is 39.5 Å². The van der Waals surface area contributed by atoms with Gasteiger partial charge in [-0.1, -0.05) is 53.0 Å². The van der Waals surface area contributed by atoms with Crippen molar-refractivity contribution in [2.24, 2.45) is 0 Å². The van der Waals surface area contributed by atoms with Crippen molar-refractivity contribution in [2.45, 2.75) is 11.4 Å². The number of hydrogen-bond acceptors (Lipinski definition) is 4. The van der Waals surface area contributed by atoms with Crippen LogP contribution in [0.2, 0.25) is 15.1 Å². The van der Waals surface area contributed by atoms with E-state index in [2.05, 4.69) is 5.32 Å². The number of halogens is 3. The van der Waals surface area contributed by atoms with Gasteiger partial charge in [-0.25, -0.2) is 8.42 Å². The zero-order valence-electron chi connectivity index (χ0n) is 16.9. The number of nitrogens with one attached hydrogen (secondary N) is 1. The lowest BCUT2D eigenvalue weighted by Gasteiger charge is -2.23. The Morgan fingerprint density at radius 3 is 2.19 bits per heavy atom. The highest BCUT2D eigenvalue weighted by molar-refractivity contribution is 7.89. The van der Waals surface area contributed by atoms with Gasteiger partial charge in [0.1, 0.15) is 5.75 Å². The van der Waals surface area contributed by atoms with Crippen LogP contribution in [0.5, 0.6) is 5.75 Å². The first-order chi connectivity index (χ1) is 15.2. The summed E-state index contributed by atoms with van der Waals surface area (Å²) in [6.45, 7) is -0.687. The number of nitrogens with zero attached hydrogens (tertiary/aromatic N) is 1. The van der Waals surface area contributed by atoms with Crippen LogP contribution in [0.1, 0.15) is 5.56 Å². The molecule has 1 N–H and O–H groups in total. The largest absolute Gasteiger partial charge is 0.495 e. The minimum absolute atomic E-state index is 0.0184.